The Bertz CT molecular complexity index is 442. The summed E-state index contributed by atoms with van der Waals surface area (Å²) in [5, 5.41) is 4.27. The van der Waals surface area contributed by atoms with Gasteiger partial charge in [0.15, 0.2) is 0 Å². The minimum atomic E-state index is 0.617. The molecule has 3 nitrogen and oxygen atoms in total. The Morgan fingerprint density at radius 2 is 2.00 bits per heavy atom. The van der Waals surface area contributed by atoms with Gasteiger partial charge in [0.2, 0.25) is 0 Å². The fourth-order valence-corrected chi connectivity index (χ4v) is 3.36. The lowest BCUT2D eigenvalue weighted by atomic mass is 10.0. The fraction of sp³-hybridized carbons (Fsp3) is 0.647. The Morgan fingerprint density at radius 3 is 2.62 bits per heavy atom. The Kier molecular flexibility index (Phi) is 6.34. The summed E-state index contributed by atoms with van der Waals surface area (Å²) >= 11 is 6.42. The van der Waals surface area contributed by atoms with Crippen LogP contribution in [0.1, 0.15) is 32.3 Å². The van der Waals surface area contributed by atoms with E-state index in [4.69, 9.17) is 11.6 Å². The molecule has 1 N–H and O–H groups in total. The molecule has 0 aliphatic carbocycles. The maximum absolute atomic E-state index is 6.42. The zero-order valence-electron chi connectivity index (χ0n) is 13.5. The smallest absolute Gasteiger partial charge is 0.0471 e. The Morgan fingerprint density at radius 1 is 1.29 bits per heavy atom. The van der Waals surface area contributed by atoms with Crippen molar-refractivity contribution in [3.8, 4) is 0 Å². The standard InChI is InChI=1S/C17H28ClN3/c1-4-19-13-15-16(18)7-6-8-17(15)20(3)14-9-11-21(5-2)12-10-14/h6-8,14,19H,4-5,9-13H2,1-3H3. The van der Waals surface area contributed by atoms with Crippen LogP contribution >= 0.6 is 11.6 Å². The van der Waals surface area contributed by atoms with Crippen LogP contribution in [-0.4, -0.2) is 44.2 Å². The number of rotatable bonds is 6. The van der Waals surface area contributed by atoms with Gasteiger partial charge in [0, 0.05) is 49.0 Å². The Hall–Kier alpha value is -0.770. The van der Waals surface area contributed by atoms with Gasteiger partial charge in [0.05, 0.1) is 0 Å². The van der Waals surface area contributed by atoms with Gasteiger partial charge < -0.3 is 15.1 Å². The molecule has 1 heterocycles. The summed E-state index contributed by atoms with van der Waals surface area (Å²) in [5.74, 6) is 0. The molecule has 21 heavy (non-hydrogen) atoms. The first kappa shape index (κ1) is 16.6. The lowest BCUT2D eigenvalue weighted by molar-refractivity contribution is 0.221. The SMILES string of the molecule is CCNCc1c(Cl)cccc1N(C)C1CCN(CC)CC1. The second-order valence-corrected chi connectivity index (χ2v) is 6.20. The largest absolute Gasteiger partial charge is 0.371 e. The highest BCUT2D eigenvalue weighted by atomic mass is 35.5. The van der Waals surface area contributed by atoms with Gasteiger partial charge in [-0.2, -0.15) is 0 Å². The summed E-state index contributed by atoms with van der Waals surface area (Å²) in [4.78, 5) is 4.97. The molecule has 4 heteroatoms. The molecule has 0 bridgehead atoms. The molecule has 0 saturated carbocycles. The third kappa shape index (κ3) is 4.12. The molecule has 0 spiro atoms. The second-order valence-electron chi connectivity index (χ2n) is 5.79. The highest BCUT2D eigenvalue weighted by Gasteiger charge is 2.23. The van der Waals surface area contributed by atoms with E-state index in [1.165, 1.54) is 43.7 Å². The van der Waals surface area contributed by atoms with E-state index >= 15 is 0 Å². The number of likely N-dealkylation sites (tertiary alicyclic amines) is 1. The number of nitrogens with one attached hydrogen (secondary N) is 1. The van der Waals surface area contributed by atoms with E-state index in [1.807, 2.05) is 6.07 Å². The maximum atomic E-state index is 6.42. The summed E-state index contributed by atoms with van der Waals surface area (Å²) in [6, 6.07) is 6.87. The van der Waals surface area contributed by atoms with Gasteiger partial charge in [0.1, 0.15) is 0 Å². The monoisotopic (exact) mass is 309 g/mol. The molecule has 1 aromatic carbocycles. The van der Waals surface area contributed by atoms with Crippen molar-refractivity contribution >= 4 is 17.3 Å². The van der Waals surface area contributed by atoms with Gasteiger partial charge in [-0.05, 0) is 38.1 Å². The van der Waals surface area contributed by atoms with Gasteiger partial charge in [-0.15, -0.1) is 0 Å². The predicted molar refractivity (Wildman–Crippen MR) is 92.4 cm³/mol. The van der Waals surface area contributed by atoms with Gasteiger partial charge in [-0.25, -0.2) is 0 Å². The highest BCUT2D eigenvalue weighted by molar-refractivity contribution is 6.31. The van der Waals surface area contributed by atoms with Crippen LogP contribution in [0, 0.1) is 0 Å². The Labute approximate surface area is 134 Å². The molecule has 1 aliphatic heterocycles. The van der Waals surface area contributed by atoms with Crippen molar-refractivity contribution in [1.29, 1.82) is 0 Å². The van der Waals surface area contributed by atoms with Gasteiger partial charge in [-0.3, -0.25) is 0 Å². The number of benzene rings is 1. The Balaban J connectivity index is 2.11. The molecule has 1 saturated heterocycles. The van der Waals surface area contributed by atoms with E-state index in [2.05, 4.69) is 48.1 Å². The molecule has 0 atom stereocenters. The van der Waals surface area contributed by atoms with Gasteiger partial charge in [-0.1, -0.05) is 31.5 Å². The number of piperidine rings is 1. The number of anilines is 1. The topological polar surface area (TPSA) is 18.5 Å². The summed E-state index contributed by atoms with van der Waals surface area (Å²) in [6.45, 7) is 9.74. The van der Waals surface area contributed by atoms with Gasteiger partial charge >= 0.3 is 0 Å². The number of hydrogen-bond acceptors (Lipinski definition) is 3. The molecule has 1 aromatic rings. The van der Waals surface area contributed by atoms with E-state index in [1.54, 1.807) is 0 Å². The molecule has 1 aliphatic rings. The molecule has 1 fully saturated rings. The van der Waals surface area contributed by atoms with Crippen LogP contribution < -0.4 is 10.2 Å². The van der Waals surface area contributed by atoms with Crippen molar-refractivity contribution in [3.05, 3.63) is 28.8 Å². The fourth-order valence-electron chi connectivity index (χ4n) is 3.12. The third-order valence-corrected chi connectivity index (χ3v) is 4.93. The van der Waals surface area contributed by atoms with Crippen molar-refractivity contribution < 1.29 is 0 Å². The zero-order valence-corrected chi connectivity index (χ0v) is 14.3. The van der Waals surface area contributed by atoms with Crippen LogP contribution in [0.5, 0.6) is 0 Å². The van der Waals surface area contributed by atoms with Crippen molar-refractivity contribution in [1.82, 2.24) is 10.2 Å². The number of halogens is 1. The summed E-state index contributed by atoms with van der Waals surface area (Å²) in [6.07, 6.45) is 2.47. The zero-order chi connectivity index (χ0) is 15.2. The first-order chi connectivity index (χ1) is 10.2. The van der Waals surface area contributed by atoms with Crippen molar-refractivity contribution in [3.63, 3.8) is 0 Å². The average Bonchev–Trinajstić information content (AvgIpc) is 2.53. The van der Waals surface area contributed by atoms with Crippen molar-refractivity contribution in [2.45, 2.75) is 39.3 Å². The van der Waals surface area contributed by atoms with Crippen LogP contribution in [0.4, 0.5) is 5.69 Å². The summed E-state index contributed by atoms with van der Waals surface area (Å²) in [5.41, 5.74) is 2.50. The quantitative estimate of drug-likeness (QED) is 0.869. The number of hydrogen-bond donors (Lipinski definition) is 1. The molecule has 0 unspecified atom stereocenters. The summed E-state index contributed by atoms with van der Waals surface area (Å²) in [7, 11) is 2.22. The van der Waals surface area contributed by atoms with E-state index in [0.717, 1.165) is 18.1 Å². The average molecular weight is 310 g/mol. The molecule has 2 rings (SSSR count). The van der Waals surface area contributed by atoms with E-state index < -0.39 is 0 Å². The van der Waals surface area contributed by atoms with E-state index in [9.17, 15) is 0 Å². The maximum Gasteiger partial charge on any atom is 0.0471 e. The highest BCUT2D eigenvalue weighted by Crippen LogP contribution is 2.30. The van der Waals surface area contributed by atoms with Crippen LogP contribution in [0.3, 0.4) is 0 Å². The molecular formula is C17H28ClN3. The van der Waals surface area contributed by atoms with E-state index in [0.29, 0.717) is 6.04 Å². The molecule has 0 radical (unpaired) electrons. The van der Waals surface area contributed by atoms with Crippen LogP contribution in [0.25, 0.3) is 0 Å². The molecule has 118 valence electrons. The first-order valence-electron chi connectivity index (χ1n) is 8.10. The molecular weight excluding hydrogens is 282 g/mol. The molecule has 0 aromatic heterocycles. The minimum absolute atomic E-state index is 0.617. The second kappa shape index (κ2) is 8.02. The van der Waals surface area contributed by atoms with Crippen LogP contribution in [0.15, 0.2) is 18.2 Å². The minimum Gasteiger partial charge on any atom is -0.371 e. The number of nitrogens with zero attached hydrogens (tertiary/aromatic N) is 2. The lowest BCUT2D eigenvalue weighted by Crippen LogP contribution is -2.43. The van der Waals surface area contributed by atoms with Crippen molar-refractivity contribution in [2.24, 2.45) is 0 Å². The van der Waals surface area contributed by atoms with Crippen LogP contribution in [0.2, 0.25) is 5.02 Å². The lowest BCUT2D eigenvalue weighted by Gasteiger charge is -2.38. The normalized spacial score (nSPS) is 17.1. The van der Waals surface area contributed by atoms with Crippen molar-refractivity contribution in [2.75, 3.05) is 38.1 Å². The molecule has 0 amide bonds. The summed E-state index contributed by atoms with van der Waals surface area (Å²) < 4.78 is 0. The predicted octanol–water partition coefficient (Wildman–Crippen LogP) is 3.37. The van der Waals surface area contributed by atoms with Crippen LogP contribution in [-0.2, 0) is 6.54 Å². The van der Waals surface area contributed by atoms with E-state index in [-0.39, 0.29) is 0 Å². The first-order valence-corrected chi connectivity index (χ1v) is 8.48. The van der Waals surface area contributed by atoms with Gasteiger partial charge in [0.25, 0.3) is 0 Å². The third-order valence-electron chi connectivity index (χ3n) is 4.58.